The molecule has 0 atom stereocenters. The van der Waals surface area contributed by atoms with Crippen LogP contribution < -0.4 is 0 Å². The SMILES string of the molecule is CN1C=C(C(=O)O)CN1C(F)F. The minimum absolute atomic E-state index is 0.0298. The smallest absolute Gasteiger partial charge is 0.334 e. The lowest BCUT2D eigenvalue weighted by Gasteiger charge is -2.23. The Labute approximate surface area is 67.6 Å². The van der Waals surface area contributed by atoms with E-state index in [4.69, 9.17) is 5.11 Å². The molecule has 12 heavy (non-hydrogen) atoms. The van der Waals surface area contributed by atoms with Gasteiger partial charge in [-0.1, -0.05) is 0 Å². The van der Waals surface area contributed by atoms with Gasteiger partial charge in [-0.15, -0.1) is 0 Å². The summed E-state index contributed by atoms with van der Waals surface area (Å²) in [5.74, 6) is -1.16. The number of rotatable bonds is 2. The van der Waals surface area contributed by atoms with Crippen LogP contribution in [-0.2, 0) is 4.79 Å². The van der Waals surface area contributed by atoms with E-state index >= 15 is 0 Å². The fourth-order valence-corrected chi connectivity index (χ4v) is 0.956. The number of halogens is 2. The van der Waals surface area contributed by atoms with Gasteiger partial charge in [0.15, 0.2) is 0 Å². The molecule has 4 nitrogen and oxygen atoms in total. The quantitative estimate of drug-likeness (QED) is 0.619. The van der Waals surface area contributed by atoms with E-state index in [1.165, 1.54) is 13.2 Å². The molecular formula is C6H8F2N2O2. The minimum atomic E-state index is -2.66. The molecule has 0 fully saturated rings. The summed E-state index contributed by atoms with van der Waals surface area (Å²) in [5, 5.41) is 10.2. The van der Waals surface area contributed by atoms with Gasteiger partial charge in [0, 0.05) is 13.2 Å². The predicted octanol–water partition coefficient (Wildman–Crippen LogP) is 0.340. The Morgan fingerprint density at radius 2 is 2.33 bits per heavy atom. The summed E-state index contributed by atoms with van der Waals surface area (Å²) >= 11 is 0. The second-order valence-corrected chi connectivity index (χ2v) is 2.41. The number of carbonyl (C=O) groups is 1. The van der Waals surface area contributed by atoms with Gasteiger partial charge in [0.1, 0.15) is 0 Å². The molecule has 0 aliphatic carbocycles. The standard InChI is InChI=1S/C6H8F2N2O2/c1-9-2-4(5(11)12)3-10(9)6(7)8/h2,6H,3H2,1H3,(H,11,12). The maximum atomic E-state index is 12.1. The number of aliphatic carboxylic acids is 1. The van der Waals surface area contributed by atoms with Gasteiger partial charge in [0.2, 0.25) is 0 Å². The third-order valence-corrected chi connectivity index (χ3v) is 1.58. The summed E-state index contributed by atoms with van der Waals surface area (Å²) in [6, 6.07) is 0. The molecule has 0 aromatic carbocycles. The van der Waals surface area contributed by atoms with Crippen LogP contribution in [-0.4, -0.2) is 41.2 Å². The molecule has 1 rings (SSSR count). The maximum absolute atomic E-state index is 12.1. The number of carboxylic acid groups (broad SMARTS) is 1. The predicted molar refractivity (Wildman–Crippen MR) is 36.2 cm³/mol. The summed E-state index contributed by atoms with van der Waals surface area (Å²) in [6.07, 6.45) is 1.18. The Kier molecular flexibility index (Phi) is 2.27. The van der Waals surface area contributed by atoms with Gasteiger partial charge in [-0.3, -0.25) is 0 Å². The van der Waals surface area contributed by atoms with Crippen molar-refractivity contribution in [1.82, 2.24) is 10.0 Å². The van der Waals surface area contributed by atoms with Crippen molar-refractivity contribution >= 4 is 5.97 Å². The average Bonchev–Trinajstić information content (AvgIpc) is 2.30. The van der Waals surface area contributed by atoms with Crippen LogP contribution in [0.25, 0.3) is 0 Å². The van der Waals surface area contributed by atoms with Crippen molar-refractivity contribution < 1.29 is 18.7 Å². The first-order chi connectivity index (χ1) is 5.52. The molecule has 0 radical (unpaired) electrons. The van der Waals surface area contributed by atoms with Crippen LogP contribution in [0.1, 0.15) is 0 Å². The Hall–Kier alpha value is -1.17. The third kappa shape index (κ3) is 1.53. The Bertz CT molecular complexity index is 230. The largest absolute Gasteiger partial charge is 0.478 e. The first-order valence-electron chi connectivity index (χ1n) is 3.24. The van der Waals surface area contributed by atoms with Crippen molar-refractivity contribution in [3.8, 4) is 0 Å². The average molecular weight is 178 g/mol. The number of hydrogen-bond donors (Lipinski definition) is 1. The summed E-state index contributed by atoms with van der Waals surface area (Å²) in [5.41, 5.74) is -0.0298. The van der Waals surface area contributed by atoms with Crippen LogP contribution in [0.5, 0.6) is 0 Å². The summed E-state index contributed by atoms with van der Waals surface area (Å²) in [4.78, 5) is 10.3. The van der Waals surface area contributed by atoms with E-state index in [9.17, 15) is 13.6 Å². The molecule has 0 aromatic heterocycles. The van der Waals surface area contributed by atoms with E-state index in [1.807, 2.05) is 0 Å². The molecule has 0 unspecified atom stereocenters. The van der Waals surface area contributed by atoms with E-state index in [0.29, 0.717) is 5.01 Å². The Morgan fingerprint density at radius 1 is 1.75 bits per heavy atom. The normalized spacial score (nSPS) is 18.7. The third-order valence-electron chi connectivity index (χ3n) is 1.58. The minimum Gasteiger partial charge on any atom is -0.478 e. The van der Waals surface area contributed by atoms with Gasteiger partial charge < -0.3 is 10.1 Å². The molecule has 1 aliphatic heterocycles. The number of alkyl halides is 2. The highest BCUT2D eigenvalue weighted by Gasteiger charge is 2.29. The lowest BCUT2D eigenvalue weighted by Crippen LogP contribution is -2.36. The van der Waals surface area contributed by atoms with Crippen LogP contribution in [0, 0.1) is 0 Å². The first kappa shape index (κ1) is 8.92. The lowest BCUT2D eigenvalue weighted by molar-refractivity contribution is -0.133. The molecule has 0 bridgehead atoms. The molecule has 0 amide bonds. The highest BCUT2D eigenvalue weighted by molar-refractivity contribution is 5.87. The fourth-order valence-electron chi connectivity index (χ4n) is 0.956. The number of hydrogen-bond acceptors (Lipinski definition) is 3. The summed E-state index contributed by atoms with van der Waals surface area (Å²) in [6.45, 7) is -2.91. The van der Waals surface area contributed by atoms with Gasteiger partial charge in [-0.2, -0.15) is 13.8 Å². The molecule has 1 aliphatic rings. The molecule has 6 heteroatoms. The highest BCUT2D eigenvalue weighted by Crippen LogP contribution is 2.17. The van der Waals surface area contributed by atoms with E-state index in [0.717, 1.165) is 5.01 Å². The monoisotopic (exact) mass is 178 g/mol. The van der Waals surface area contributed by atoms with Crippen molar-refractivity contribution in [3.63, 3.8) is 0 Å². The fraction of sp³-hybridized carbons (Fsp3) is 0.500. The zero-order chi connectivity index (χ0) is 9.30. The van der Waals surface area contributed by atoms with Crippen molar-refractivity contribution in [2.24, 2.45) is 0 Å². The molecule has 0 aromatic rings. The molecule has 1 N–H and O–H groups in total. The van der Waals surface area contributed by atoms with Crippen LogP contribution in [0.3, 0.4) is 0 Å². The molecule has 0 spiro atoms. The first-order valence-corrected chi connectivity index (χ1v) is 3.24. The van der Waals surface area contributed by atoms with Gasteiger partial charge in [0.05, 0.1) is 12.1 Å². The van der Waals surface area contributed by atoms with Crippen LogP contribution in [0.2, 0.25) is 0 Å². The second kappa shape index (κ2) is 3.06. The second-order valence-electron chi connectivity index (χ2n) is 2.41. The molecule has 0 saturated heterocycles. The van der Waals surface area contributed by atoms with E-state index in [1.54, 1.807) is 0 Å². The van der Waals surface area contributed by atoms with Crippen molar-refractivity contribution in [2.45, 2.75) is 6.55 Å². The van der Waals surface area contributed by atoms with Gasteiger partial charge in [-0.25, -0.2) is 4.79 Å². The van der Waals surface area contributed by atoms with E-state index in [2.05, 4.69) is 0 Å². The molecule has 1 heterocycles. The van der Waals surface area contributed by atoms with Crippen LogP contribution >= 0.6 is 0 Å². The van der Waals surface area contributed by atoms with Gasteiger partial charge in [-0.05, 0) is 0 Å². The number of hydrazine groups is 1. The molecule has 68 valence electrons. The Morgan fingerprint density at radius 3 is 2.58 bits per heavy atom. The topological polar surface area (TPSA) is 43.8 Å². The summed E-state index contributed by atoms with van der Waals surface area (Å²) in [7, 11) is 1.38. The van der Waals surface area contributed by atoms with E-state index in [-0.39, 0.29) is 12.1 Å². The highest BCUT2D eigenvalue weighted by atomic mass is 19.3. The van der Waals surface area contributed by atoms with Crippen molar-refractivity contribution in [1.29, 1.82) is 0 Å². The lowest BCUT2D eigenvalue weighted by atomic mass is 10.3. The number of carboxylic acids is 1. The van der Waals surface area contributed by atoms with Gasteiger partial charge >= 0.3 is 12.5 Å². The van der Waals surface area contributed by atoms with Crippen molar-refractivity contribution in [2.75, 3.05) is 13.6 Å². The van der Waals surface area contributed by atoms with Gasteiger partial charge in [0.25, 0.3) is 0 Å². The van der Waals surface area contributed by atoms with Crippen LogP contribution in [0.4, 0.5) is 8.78 Å². The molecule has 0 saturated carbocycles. The Balaban J connectivity index is 2.67. The van der Waals surface area contributed by atoms with Crippen molar-refractivity contribution in [3.05, 3.63) is 11.8 Å². The summed E-state index contributed by atoms with van der Waals surface area (Å²) < 4.78 is 24.2. The zero-order valence-corrected chi connectivity index (χ0v) is 6.37. The van der Waals surface area contributed by atoms with Crippen LogP contribution in [0.15, 0.2) is 11.8 Å². The van der Waals surface area contributed by atoms with E-state index < -0.39 is 12.5 Å². The molecular weight excluding hydrogens is 170 g/mol. The zero-order valence-electron chi connectivity index (χ0n) is 6.37. The number of nitrogens with zero attached hydrogens (tertiary/aromatic N) is 2. The maximum Gasteiger partial charge on any atom is 0.334 e.